The average Bonchev–Trinajstić information content (AvgIpc) is 2.41. The Kier molecular flexibility index (Phi) is 4.39. The van der Waals surface area contributed by atoms with Crippen LogP contribution in [-0.4, -0.2) is 37.0 Å². The topological polar surface area (TPSA) is 65.0 Å². The Morgan fingerprint density at radius 1 is 1.47 bits per heavy atom. The second kappa shape index (κ2) is 6.04. The number of hydrogen-bond acceptors (Lipinski definition) is 5. The maximum atomic E-state index is 11.0. The van der Waals surface area contributed by atoms with E-state index in [0.29, 0.717) is 6.42 Å². The van der Waals surface area contributed by atoms with Crippen LogP contribution in [0.4, 0.5) is 0 Å². The van der Waals surface area contributed by atoms with E-state index >= 15 is 0 Å². The van der Waals surface area contributed by atoms with Crippen molar-refractivity contribution in [3.63, 3.8) is 0 Å². The van der Waals surface area contributed by atoms with E-state index in [9.17, 15) is 9.90 Å². The lowest BCUT2D eigenvalue weighted by molar-refractivity contribution is -0.171. The summed E-state index contributed by atoms with van der Waals surface area (Å²) in [6.45, 7) is 1.49. The smallest absolute Gasteiger partial charge is 0.302 e. The van der Waals surface area contributed by atoms with Crippen LogP contribution in [0.15, 0.2) is 24.3 Å². The normalized spacial score (nSPS) is 26.8. The van der Waals surface area contributed by atoms with Gasteiger partial charge in [-0.3, -0.25) is 4.79 Å². The first-order valence-corrected chi connectivity index (χ1v) is 6.21. The fourth-order valence-electron chi connectivity index (χ4n) is 2.17. The number of carbonyl (C=O) groups is 1. The molecule has 0 unspecified atom stereocenters. The number of hydrogen-bond donors (Lipinski definition) is 1. The summed E-state index contributed by atoms with van der Waals surface area (Å²) in [6, 6.07) is 7.54. The van der Waals surface area contributed by atoms with E-state index in [-0.39, 0.29) is 12.7 Å². The minimum Gasteiger partial charge on any atom is -0.497 e. The third-order valence-electron chi connectivity index (χ3n) is 3.13. The zero-order valence-corrected chi connectivity index (χ0v) is 11.0. The molecule has 1 aromatic rings. The van der Waals surface area contributed by atoms with Crippen LogP contribution in [0, 0.1) is 0 Å². The lowest BCUT2D eigenvalue weighted by Gasteiger charge is -2.33. The summed E-state index contributed by atoms with van der Waals surface area (Å²) < 4.78 is 15.9. The molecule has 1 saturated heterocycles. The molecule has 3 atom stereocenters. The summed E-state index contributed by atoms with van der Waals surface area (Å²) in [5.41, 5.74) is 0.948. The summed E-state index contributed by atoms with van der Waals surface area (Å²) >= 11 is 0. The Morgan fingerprint density at radius 2 is 2.26 bits per heavy atom. The fraction of sp³-hybridized carbons (Fsp3) is 0.500. The third-order valence-corrected chi connectivity index (χ3v) is 3.13. The first-order chi connectivity index (χ1) is 9.10. The van der Waals surface area contributed by atoms with Crippen molar-refractivity contribution in [3.05, 3.63) is 29.8 Å². The highest BCUT2D eigenvalue weighted by atomic mass is 16.6. The molecule has 1 N–H and O–H groups in total. The second-order valence-corrected chi connectivity index (χ2v) is 4.55. The van der Waals surface area contributed by atoms with E-state index in [1.165, 1.54) is 6.92 Å². The molecule has 1 fully saturated rings. The van der Waals surface area contributed by atoms with Crippen LogP contribution in [0.5, 0.6) is 5.75 Å². The molecule has 0 radical (unpaired) electrons. The van der Waals surface area contributed by atoms with Gasteiger partial charge in [0.2, 0.25) is 0 Å². The fourth-order valence-corrected chi connectivity index (χ4v) is 2.17. The standard InChI is InChI=1S/C14H18O5/c1-9(15)19-14-7-13(18-8-12(14)16)10-4-3-5-11(6-10)17-2/h3-6,12-14,16H,7-8H2,1-2H3/t12-,13+,14-/m1/s1. The predicted octanol–water partition coefficient (Wildman–Crippen LogP) is 1.45. The maximum absolute atomic E-state index is 11.0. The van der Waals surface area contributed by atoms with Crippen LogP contribution in [-0.2, 0) is 14.3 Å². The molecule has 2 rings (SSSR count). The summed E-state index contributed by atoms with van der Waals surface area (Å²) in [5.74, 6) is 0.353. The second-order valence-electron chi connectivity index (χ2n) is 4.55. The Hall–Kier alpha value is -1.59. The molecular weight excluding hydrogens is 248 g/mol. The molecule has 0 spiro atoms. The average molecular weight is 266 g/mol. The van der Waals surface area contributed by atoms with Gasteiger partial charge < -0.3 is 19.3 Å². The summed E-state index contributed by atoms with van der Waals surface area (Å²) in [5, 5.41) is 9.76. The summed E-state index contributed by atoms with van der Waals surface area (Å²) in [6.07, 6.45) is -1.07. The number of esters is 1. The predicted molar refractivity (Wildman–Crippen MR) is 67.9 cm³/mol. The first-order valence-electron chi connectivity index (χ1n) is 6.21. The van der Waals surface area contributed by atoms with Crippen LogP contribution in [0.25, 0.3) is 0 Å². The lowest BCUT2D eigenvalue weighted by Crippen LogP contribution is -2.40. The molecule has 0 aromatic heterocycles. The molecule has 1 heterocycles. The van der Waals surface area contributed by atoms with Crippen molar-refractivity contribution >= 4 is 5.97 Å². The minimum atomic E-state index is -0.772. The van der Waals surface area contributed by atoms with E-state index in [4.69, 9.17) is 14.2 Å². The molecule has 5 nitrogen and oxygen atoms in total. The van der Waals surface area contributed by atoms with E-state index in [0.717, 1.165) is 11.3 Å². The van der Waals surface area contributed by atoms with Crippen LogP contribution in [0.3, 0.4) is 0 Å². The van der Waals surface area contributed by atoms with Gasteiger partial charge in [-0.25, -0.2) is 0 Å². The van der Waals surface area contributed by atoms with Crippen molar-refractivity contribution in [1.82, 2.24) is 0 Å². The van der Waals surface area contributed by atoms with E-state index in [1.54, 1.807) is 7.11 Å². The van der Waals surface area contributed by atoms with Crippen molar-refractivity contribution in [2.45, 2.75) is 31.7 Å². The molecule has 1 aliphatic rings. The van der Waals surface area contributed by atoms with Crippen molar-refractivity contribution < 1.29 is 24.1 Å². The highest BCUT2D eigenvalue weighted by Crippen LogP contribution is 2.31. The van der Waals surface area contributed by atoms with E-state index in [1.807, 2.05) is 24.3 Å². The maximum Gasteiger partial charge on any atom is 0.302 e. The van der Waals surface area contributed by atoms with Gasteiger partial charge in [-0.05, 0) is 17.7 Å². The number of methoxy groups -OCH3 is 1. The molecule has 1 aliphatic heterocycles. The molecule has 104 valence electrons. The van der Waals surface area contributed by atoms with Gasteiger partial charge in [0, 0.05) is 13.3 Å². The molecule has 5 heteroatoms. The number of benzene rings is 1. The van der Waals surface area contributed by atoms with Crippen molar-refractivity contribution in [3.8, 4) is 5.75 Å². The van der Waals surface area contributed by atoms with Crippen molar-refractivity contribution in [1.29, 1.82) is 0 Å². The van der Waals surface area contributed by atoms with Gasteiger partial charge in [-0.1, -0.05) is 12.1 Å². The largest absolute Gasteiger partial charge is 0.497 e. The van der Waals surface area contributed by atoms with Crippen LogP contribution in [0.1, 0.15) is 25.0 Å². The number of rotatable bonds is 3. The quantitative estimate of drug-likeness (QED) is 0.839. The Labute approximate surface area is 112 Å². The van der Waals surface area contributed by atoms with Gasteiger partial charge in [0.15, 0.2) is 0 Å². The number of aliphatic hydroxyl groups excluding tert-OH is 1. The zero-order valence-electron chi connectivity index (χ0n) is 11.0. The number of aliphatic hydroxyl groups is 1. The number of carbonyl (C=O) groups excluding carboxylic acids is 1. The zero-order chi connectivity index (χ0) is 13.8. The monoisotopic (exact) mass is 266 g/mol. The van der Waals surface area contributed by atoms with Gasteiger partial charge in [0.1, 0.15) is 18.0 Å². The molecule has 0 saturated carbocycles. The van der Waals surface area contributed by atoms with Gasteiger partial charge in [0.25, 0.3) is 0 Å². The molecule has 0 aliphatic carbocycles. The lowest BCUT2D eigenvalue weighted by atomic mass is 9.97. The Balaban J connectivity index is 2.10. The Morgan fingerprint density at radius 3 is 2.95 bits per heavy atom. The molecule has 0 bridgehead atoms. The first kappa shape index (κ1) is 13.8. The third kappa shape index (κ3) is 3.45. The van der Waals surface area contributed by atoms with Gasteiger partial charge >= 0.3 is 5.97 Å². The Bertz CT molecular complexity index is 445. The molecule has 1 aromatic carbocycles. The molecular formula is C14H18O5. The van der Waals surface area contributed by atoms with Gasteiger partial charge in [0.05, 0.1) is 19.8 Å². The SMILES string of the molecule is COc1cccc([C@@H]2C[C@@H](OC(C)=O)[C@H](O)CO2)c1. The highest BCUT2D eigenvalue weighted by Gasteiger charge is 2.33. The minimum absolute atomic E-state index is 0.153. The van der Waals surface area contributed by atoms with Crippen molar-refractivity contribution in [2.24, 2.45) is 0 Å². The summed E-state index contributed by atoms with van der Waals surface area (Å²) in [7, 11) is 1.60. The highest BCUT2D eigenvalue weighted by molar-refractivity contribution is 5.66. The van der Waals surface area contributed by atoms with Gasteiger partial charge in [-0.2, -0.15) is 0 Å². The molecule has 19 heavy (non-hydrogen) atoms. The van der Waals surface area contributed by atoms with Gasteiger partial charge in [-0.15, -0.1) is 0 Å². The van der Waals surface area contributed by atoms with E-state index < -0.39 is 18.2 Å². The van der Waals surface area contributed by atoms with Crippen LogP contribution < -0.4 is 4.74 Å². The molecule has 0 amide bonds. The van der Waals surface area contributed by atoms with Crippen LogP contribution >= 0.6 is 0 Å². The summed E-state index contributed by atoms with van der Waals surface area (Å²) in [4.78, 5) is 11.0. The van der Waals surface area contributed by atoms with E-state index in [2.05, 4.69) is 0 Å². The van der Waals surface area contributed by atoms with Crippen molar-refractivity contribution in [2.75, 3.05) is 13.7 Å². The van der Waals surface area contributed by atoms with Crippen LogP contribution in [0.2, 0.25) is 0 Å². The number of ether oxygens (including phenoxy) is 3.